The SMILES string of the molecule is CSC(C)CNC(=O)C1CCCC(N)C1.Cl. The molecular weight excluding hydrogens is 244 g/mol. The van der Waals surface area contributed by atoms with Gasteiger partial charge in [0.15, 0.2) is 0 Å². The van der Waals surface area contributed by atoms with Gasteiger partial charge in [-0.2, -0.15) is 11.8 Å². The molecular formula is C11H23ClN2OS. The van der Waals surface area contributed by atoms with Crippen LogP contribution in [-0.4, -0.2) is 30.0 Å². The van der Waals surface area contributed by atoms with E-state index in [1.165, 1.54) is 0 Å². The summed E-state index contributed by atoms with van der Waals surface area (Å²) in [6, 6.07) is 0.229. The number of halogens is 1. The fraction of sp³-hybridized carbons (Fsp3) is 0.909. The summed E-state index contributed by atoms with van der Waals surface area (Å²) in [6.07, 6.45) is 6.10. The molecule has 0 heterocycles. The quantitative estimate of drug-likeness (QED) is 0.816. The molecule has 3 unspecified atom stereocenters. The van der Waals surface area contributed by atoms with Crippen molar-refractivity contribution < 1.29 is 4.79 Å². The maximum absolute atomic E-state index is 11.8. The lowest BCUT2D eigenvalue weighted by Crippen LogP contribution is -2.39. The monoisotopic (exact) mass is 266 g/mol. The second kappa shape index (κ2) is 8.20. The maximum atomic E-state index is 11.8. The minimum absolute atomic E-state index is 0. The first-order chi connectivity index (χ1) is 7.13. The minimum atomic E-state index is 0. The number of hydrogen-bond donors (Lipinski definition) is 2. The lowest BCUT2D eigenvalue weighted by molar-refractivity contribution is -0.126. The molecule has 0 aromatic rings. The van der Waals surface area contributed by atoms with E-state index in [1.807, 2.05) is 0 Å². The highest BCUT2D eigenvalue weighted by Crippen LogP contribution is 2.23. The number of rotatable bonds is 4. The molecule has 0 spiro atoms. The molecule has 0 saturated heterocycles. The number of hydrogen-bond acceptors (Lipinski definition) is 3. The standard InChI is InChI=1S/C11H22N2OS.ClH/c1-8(15-2)7-13-11(14)9-4-3-5-10(12)6-9;/h8-10H,3-7,12H2,1-2H3,(H,13,14);1H. The van der Waals surface area contributed by atoms with E-state index < -0.39 is 0 Å². The van der Waals surface area contributed by atoms with Crippen LogP contribution in [0.2, 0.25) is 0 Å². The van der Waals surface area contributed by atoms with Gasteiger partial charge in [0.25, 0.3) is 0 Å². The van der Waals surface area contributed by atoms with Crippen LogP contribution < -0.4 is 11.1 Å². The topological polar surface area (TPSA) is 55.1 Å². The molecule has 1 rings (SSSR count). The van der Waals surface area contributed by atoms with Crippen LogP contribution in [0.3, 0.4) is 0 Å². The van der Waals surface area contributed by atoms with Crippen molar-refractivity contribution in [3.05, 3.63) is 0 Å². The zero-order chi connectivity index (χ0) is 11.3. The van der Waals surface area contributed by atoms with Gasteiger partial charge in [-0.25, -0.2) is 0 Å². The molecule has 0 aromatic heterocycles. The van der Waals surface area contributed by atoms with Crippen molar-refractivity contribution in [3.8, 4) is 0 Å². The fourth-order valence-electron chi connectivity index (χ4n) is 1.94. The van der Waals surface area contributed by atoms with Crippen LogP contribution in [0.4, 0.5) is 0 Å². The Morgan fingerprint density at radius 1 is 1.56 bits per heavy atom. The third kappa shape index (κ3) is 5.41. The first-order valence-corrected chi connectivity index (χ1v) is 6.98. The van der Waals surface area contributed by atoms with Gasteiger partial charge in [-0.05, 0) is 25.5 Å². The molecule has 1 aliphatic rings. The molecule has 0 aliphatic heterocycles. The molecule has 1 amide bonds. The highest BCUT2D eigenvalue weighted by Gasteiger charge is 2.25. The molecule has 1 fully saturated rings. The smallest absolute Gasteiger partial charge is 0.223 e. The van der Waals surface area contributed by atoms with Gasteiger partial charge in [0.2, 0.25) is 5.91 Å². The van der Waals surface area contributed by atoms with Crippen molar-refractivity contribution in [3.63, 3.8) is 0 Å². The predicted octanol–water partition coefficient (Wildman–Crippen LogP) is 1.79. The van der Waals surface area contributed by atoms with Crippen LogP contribution in [0.15, 0.2) is 0 Å². The molecule has 3 atom stereocenters. The summed E-state index contributed by atoms with van der Waals surface area (Å²) >= 11 is 1.77. The van der Waals surface area contributed by atoms with E-state index in [9.17, 15) is 4.79 Å². The van der Waals surface area contributed by atoms with E-state index in [2.05, 4.69) is 18.5 Å². The van der Waals surface area contributed by atoms with E-state index >= 15 is 0 Å². The van der Waals surface area contributed by atoms with Crippen LogP contribution in [-0.2, 0) is 4.79 Å². The Morgan fingerprint density at radius 2 is 2.25 bits per heavy atom. The summed E-state index contributed by atoms with van der Waals surface area (Å²) in [5.74, 6) is 0.355. The summed E-state index contributed by atoms with van der Waals surface area (Å²) in [5, 5.41) is 3.50. The number of nitrogens with one attached hydrogen (secondary N) is 1. The summed E-state index contributed by atoms with van der Waals surface area (Å²) in [5.41, 5.74) is 5.86. The van der Waals surface area contributed by atoms with Gasteiger partial charge in [0.1, 0.15) is 0 Å². The van der Waals surface area contributed by atoms with Gasteiger partial charge in [-0.15, -0.1) is 12.4 Å². The molecule has 0 aromatic carbocycles. The fourth-order valence-corrected chi connectivity index (χ4v) is 2.19. The second-order valence-corrected chi connectivity index (χ2v) is 5.69. The Hall–Kier alpha value is 0.0700. The van der Waals surface area contributed by atoms with Gasteiger partial charge < -0.3 is 11.1 Å². The lowest BCUT2D eigenvalue weighted by atomic mass is 9.85. The Bertz CT molecular complexity index is 216. The summed E-state index contributed by atoms with van der Waals surface area (Å²) in [4.78, 5) is 11.8. The van der Waals surface area contributed by atoms with Crippen LogP contribution in [0.25, 0.3) is 0 Å². The normalized spacial score (nSPS) is 26.7. The van der Waals surface area contributed by atoms with Crippen LogP contribution >= 0.6 is 24.2 Å². The van der Waals surface area contributed by atoms with E-state index in [4.69, 9.17) is 5.73 Å². The first-order valence-electron chi connectivity index (χ1n) is 5.69. The van der Waals surface area contributed by atoms with Crippen LogP contribution in [0.1, 0.15) is 32.6 Å². The third-order valence-electron chi connectivity index (χ3n) is 3.05. The van der Waals surface area contributed by atoms with Crippen molar-refractivity contribution in [2.45, 2.75) is 43.9 Å². The molecule has 16 heavy (non-hydrogen) atoms. The maximum Gasteiger partial charge on any atom is 0.223 e. The number of thioether (sulfide) groups is 1. The number of carbonyl (C=O) groups excluding carboxylic acids is 1. The van der Waals surface area contributed by atoms with E-state index in [0.717, 1.165) is 32.2 Å². The van der Waals surface area contributed by atoms with E-state index in [0.29, 0.717) is 5.25 Å². The Kier molecular flexibility index (Phi) is 8.24. The molecule has 0 radical (unpaired) electrons. The van der Waals surface area contributed by atoms with Crippen molar-refractivity contribution in [1.29, 1.82) is 0 Å². The lowest BCUT2D eigenvalue weighted by Gasteiger charge is -2.26. The zero-order valence-corrected chi connectivity index (χ0v) is 11.7. The largest absolute Gasteiger partial charge is 0.355 e. The Labute approximate surface area is 109 Å². The molecule has 1 aliphatic carbocycles. The number of nitrogens with two attached hydrogens (primary N) is 1. The zero-order valence-electron chi connectivity index (χ0n) is 10.1. The van der Waals surface area contributed by atoms with Crippen molar-refractivity contribution in [2.24, 2.45) is 11.7 Å². The third-order valence-corrected chi connectivity index (χ3v) is 4.02. The molecule has 1 saturated carbocycles. The van der Waals surface area contributed by atoms with E-state index in [1.54, 1.807) is 11.8 Å². The van der Waals surface area contributed by atoms with Gasteiger partial charge in [0.05, 0.1) is 0 Å². The number of amides is 1. The summed E-state index contributed by atoms with van der Waals surface area (Å²) in [7, 11) is 0. The highest BCUT2D eigenvalue weighted by molar-refractivity contribution is 7.99. The molecule has 3 N–H and O–H groups in total. The van der Waals surface area contributed by atoms with Gasteiger partial charge in [0, 0.05) is 23.8 Å². The second-order valence-electron chi connectivity index (χ2n) is 4.42. The summed E-state index contributed by atoms with van der Waals surface area (Å²) < 4.78 is 0. The van der Waals surface area contributed by atoms with Gasteiger partial charge in [-0.3, -0.25) is 4.79 Å². The Morgan fingerprint density at radius 3 is 2.81 bits per heavy atom. The average molecular weight is 267 g/mol. The predicted molar refractivity (Wildman–Crippen MR) is 73.2 cm³/mol. The van der Waals surface area contributed by atoms with Crippen molar-refractivity contribution >= 4 is 30.1 Å². The first kappa shape index (κ1) is 16.1. The van der Waals surface area contributed by atoms with E-state index in [-0.39, 0.29) is 30.3 Å². The van der Waals surface area contributed by atoms with Crippen molar-refractivity contribution in [1.82, 2.24) is 5.32 Å². The molecule has 5 heteroatoms. The Balaban J connectivity index is 0.00000225. The summed E-state index contributed by atoms with van der Waals surface area (Å²) in [6.45, 7) is 2.89. The van der Waals surface area contributed by atoms with Crippen molar-refractivity contribution in [2.75, 3.05) is 12.8 Å². The van der Waals surface area contributed by atoms with Crippen LogP contribution in [0, 0.1) is 5.92 Å². The minimum Gasteiger partial charge on any atom is -0.355 e. The molecule has 3 nitrogen and oxygen atoms in total. The van der Waals surface area contributed by atoms with Crippen LogP contribution in [0.5, 0.6) is 0 Å². The average Bonchev–Trinajstić information content (AvgIpc) is 2.25. The highest BCUT2D eigenvalue weighted by atomic mass is 35.5. The molecule has 0 bridgehead atoms. The van der Waals surface area contributed by atoms with Gasteiger partial charge >= 0.3 is 0 Å². The number of carbonyl (C=O) groups is 1. The molecule has 96 valence electrons. The van der Waals surface area contributed by atoms with Gasteiger partial charge in [-0.1, -0.05) is 13.3 Å².